The lowest BCUT2D eigenvalue weighted by atomic mass is 9.95. The van der Waals surface area contributed by atoms with E-state index in [-0.39, 0.29) is 34.9 Å². The van der Waals surface area contributed by atoms with Crippen LogP contribution >= 0.6 is 0 Å². The van der Waals surface area contributed by atoms with E-state index in [0.717, 1.165) is 83.9 Å². The van der Waals surface area contributed by atoms with Gasteiger partial charge in [0.2, 0.25) is 0 Å². The molecule has 9 aromatic carbocycles. The fourth-order valence-corrected chi connectivity index (χ4v) is 7.88. The second-order valence-corrected chi connectivity index (χ2v) is 15.8. The zero-order chi connectivity index (χ0) is 46.3. The molecule has 0 radical (unpaired) electrons. The van der Waals surface area contributed by atoms with E-state index in [1.54, 1.807) is 72.8 Å². The van der Waals surface area contributed by atoms with Gasteiger partial charge in [0.25, 0.3) is 0 Å². The summed E-state index contributed by atoms with van der Waals surface area (Å²) in [5.41, 5.74) is 12.1. The molecule has 0 heterocycles. The second kappa shape index (κ2) is 19.8. The van der Waals surface area contributed by atoms with Crippen molar-refractivity contribution in [2.45, 2.75) is 0 Å². The molecule has 0 aliphatic heterocycles. The highest BCUT2D eigenvalue weighted by atomic mass is 19.1. The Kier molecular flexibility index (Phi) is 12.9. The maximum absolute atomic E-state index is 14.0. The Bertz CT molecular complexity index is 2700. The molecule has 0 fully saturated rings. The molecule has 7 heteroatoms. The highest BCUT2D eigenvalue weighted by molar-refractivity contribution is 5.94. The zero-order valence-corrected chi connectivity index (χ0v) is 35.7. The van der Waals surface area contributed by atoms with Crippen molar-refractivity contribution in [3.63, 3.8) is 0 Å². The van der Waals surface area contributed by atoms with Gasteiger partial charge in [-0.3, -0.25) is 0 Å². The van der Waals surface area contributed by atoms with E-state index in [4.69, 9.17) is 0 Å². The van der Waals surface area contributed by atoms with Gasteiger partial charge in [0.05, 0.1) is 0 Å². The maximum Gasteiger partial charge on any atom is 0.123 e. The first kappa shape index (κ1) is 43.8. The average Bonchev–Trinajstić information content (AvgIpc) is 3.35. The average molecular weight is 888 g/mol. The molecule has 0 atom stereocenters. The van der Waals surface area contributed by atoms with E-state index in [0.29, 0.717) is 0 Å². The Morgan fingerprint density at radius 1 is 0.224 bits per heavy atom. The summed E-state index contributed by atoms with van der Waals surface area (Å²) in [4.78, 5) is 2.11. The minimum absolute atomic E-state index is 0.359. The van der Waals surface area contributed by atoms with Crippen molar-refractivity contribution in [1.82, 2.24) is 0 Å². The Labute approximate surface area is 385 Å². The van der Waals surface area contributed by atoms with Gasteiger partial charge in [-0.05, 0) is 194 Å². The van der Waals surface area contributed by atoms with Crippen molar-refractivity contribution >= 4 is 52.0 Å². The molecule has 0 bridgehead atoms. The number of hydrogen-bond donors (Lipinski definition) is 0. The fraction of sp³-hybridized carbons (Fsp3) is 0. The summed E-state index contributed by atoms with van der Waals surface area (Å²) in [5.74, 6) is -2.15. The van der Waals surface area contributed by atoms with Crippen LogP contribution in [0, 0.1) is 34.9 Å². The van der Waals surface area contributed by atoms with Gasteiger partial charge in [-0.2, -0.15) is 0 Å². The van der Waals surface area contributed by atoms with Crippen molar-refractivity contribution in [3.05, 3.63) is 303 Å². The molecule has 0 saturated carbocycles. The summed E-state index contributed by atoms with van der Waals surface area (Å²) in [7, 11) is 0. The lowest BCUT2D eigenvalue weighted by molar-refractivity contribution is 0.627. The summed E-state index contributed by atoms with van der Waals surface area (Å²) < 4.78 is 84.0. The van der Waals surface area contributed by atoms with Crippen LogP contribution in [0.5, 0.6) is 0 Å². The first-order valence-corrected chi connectivity index (χ1v) is 21.4. The monoisotopic (exact) mass is 887 g/mol. The summed E-state index contributed by atoms with van der Waals surface area (Å²) in [6.07, 6.45) is 5.95. The van der Waals surface area contributed by atoms with E-state index < -0.39 is 0 Å². The molecule has 0 aliphatic rings. The van der Waals surface area contributed by atoms with Crippen molar-refractivity contribution < 1.29 is 26.3 Å². The fourth-order valence-electron chi connectivity index (χ4n) is 7.88. The van der Waals surface area contributed by atoms with Gasteiger partial charge in [-0.15, -0.1) is 0 Å². The predicted octanol–water partition coefficient (Wildman–Crippen LogP) is 16.8. The molecule has 1 nitrogen and oxygen atoms in total. The van der Waals surface area contributed by atoms with Crippen LogP contribution in [0.4, 0.5) is 43.4 Å². The molecule has 0 aromatic heterocycles. The smallest absolute Gasteiger partial charge is 0.123 e. The Morgan fingerprint density at radius 3 is 0.552 bits per heavy atom. The van der Waals surface area contributed by atoms with Crippen LogP contribution < -0.4 is 4.90 Å². The van der Waals surface area contributed by atoms with E-state index >= 15 is 0 Å². The highest BCUT2D eigenvalue weighted by Crippen LogP contribution is 2.37. The first-order chi connectivity index (χ1) is 32.6. The van der Waals surface area contributed by atoms with Crippen LogP contribution in [-0.4, -0.2) is 0 Å². The van der Waals surface area contributed by atoms with Gasteiger partial charge < -0.3 is 4.90 Å². The number of rotatable bonds is 12. The first-order valence-electron chi connectivity index (χ1n) is 21.4. The third-order valence-electron chi connectivity index (χ3n) is 11.3. The number of halogens is 6. The predicted molar refractivity (Wildman–Crippen MR) is 260 cm³/mol. The van der Waals surface area contributed by atoms with Crippen LogP contribution in [0.2, 0.25) is 0 Å². The van der Waals surface area contributed by atoms with Crippen molar-refractivity contribution in [1.29, 1.82) is 0 Å². The SMILES string of the molecule is Fc1ccc(C(=Cc2ccc(N(c3ccc(C=C(c4ccc(F)cc4)c4ccc(F)cc4)cc3)c3ccc(C=C(c4ccc(F)cc4)c4ccc(F)cc4)cc3)cc2)c2ccc(F)cc2)cc1. The highest BCUT2D eigenvalue weighted by Gasteiger charge is 2.15. The van der Waals surface area contributed by atoms with Crippen molar-refractivity contribution in [2.24, 2.45) is 0 Å². The van der Waals surface area contributed by atoms with E-state index in [1.165, 1.54) is 72.8 Å². The third kappa shape index (κ3) is 10.6. The Balaban J connectivity index is 1.11. The van der Waals surface area contributed by atoms with Crippen molar-refractivity contribution in [2.75, 3.05) is 4.90 Å². The number of anilines is 3. The topological polar surface area (TPSA) is 3.24 Å². The largest absolute Gasteiger partial charge is 0.311 e. The van der Waals surface area contributed by atoms with Gasteiger partial charge in [-0.25, -0.2) is 26.3 Å². The van der Waals surface area contributed by atoms with E-state index in [1.807, 2.05) is 91.0 Å². The minimum atomic E-state index is -0.359. The van der Waals surface area contributed by atoms with Gasteiger partial charge in [0.1, 0.15) is 34.9 Å². The van der Waals surface area contributed by atoms with Crippen molar-refractivity contribution in [3.8, 4) is 0 Å². The van der Waals surface area contributed by atoms with Crippen LogP contribution in [-0.2, 0) is 0 Å². The van der Waals surface area contributed by atoms with Gasteiger partial charge in [0.15, 0.2) is 0 Å². The summed E-state index contributed by atoms with van der Waals surface area (Å²) >= 11 is 0. The molecule has 9 rings (SSSR count). The molecular formula is C60H39F6N. The number of hydrogen-bond acceptors (Lipinski definition) is 1. The quantitative estimate of drug-likeness (QED) is 0.0873. The summed E-state index contributed by atoms with van der Waals surface area (Å²) in [6.45, 7) is 0. The maximum atomic E-state index is 14.0. The molecule has 0 aliphatic carbocycles. The molecule has 326 valence electrons. The molecule has 0 saturated heterocycles. The van der Waals surface area contributed by atoms with E-state index in [9.17, 15) is 26.3 Å². The molecule has 0 spiro atoms. The lowest BCUT2D eigenvalue weighted by Gasteiger charge is -2.26. The normalized spacial score (nSPS) is 10.8. The number of benzene rings is 9. The van der Waals surface area contributed by atoms with Crippen LogP contribution in [0.1, 0.15) is 50.1 Å². The van der Waals surface area contributed by atoms with Gasteiger partial charge in [0, 0.05) is 17.1 Å². The molecule has 0 unspecified atom stereocenters. The standard InChI is InChI=1S/C60H39F6N/c61-49-19-7-43(8-20-49)58(44-9-21-50(62)22-10-44)37-40-1-31-55(32-2-40)67(56-33-3-41(4-34-56)38-59(45-11-23-51(63)24-12-45)46-13-25-52(64)26-14-46)57-35-5-42(6-36-57)39-60(47-15-27-53(65)28-16-47)48-17-29-54(66)30-18-48/h1-39H. The molecule has 0 N–H and O–H groups in total. The molecule has 9 aromatic rings. The minimum Gasteiger partial charge on any atom is -0.311 e. The van der Waals surface area contributed by atoms with Crippen LogP contribution in [0.25, 0.3) is 34.9 Å². The van der Waals surface area contributed by atoms with E-state index in [2.05, 4.69) is 4.90 Å². The van der Waals surface area contributed by atoms with Crippen LogP contribution in [0.3, 0.4) is 0 Å². The zero-order valence-electron chi connectivity index (χ0n) is 35.7. The lowest BCUT2D eigenvalue weighted by Crippen LogP contribution is -2.09. The molecule has 67 heavy (non-hydrogen) atoms. The molecule has 0 amide bonds. The Hall–Kier alpha value is -8.42. The van der Waals surface area contributed by atoms with Gasteiger partial charge >= 0.3 is 0 Å². The molecular weight excluding hydrogens is 849 g/mol. The van der Waals surface area contributed by atoms with Crippen LogP contribution in [0.15, 0.2) is 218 Å². The summed E-state index contributed by atoms with van der Waals surface area (Å²) in [5, 5.41) is 0. The Morgan fingerprint density at radius 2 is 0.388 bits per heavy atom. The second-order valence-electron chi connectivity index (χ2n) is 15.8. The third-order valence-corrected chi connectivity index (χ3v) is 11.3. The number of nitrogens with zero attached hydrogens (tertiary/aromatic N) is 1. The van der Waals surface area contributed by atoms with Gasteiger partial charge in [-0.1, -0.05) is 109 Å². The summed E-state index contributed by atoms with van der Waals surface area (Å²) in [6, 6.07) is 61.1.